The van der Waals surface area contributed by atoms with Crippen molar-refractivity contribution in [2.24, 2.45) is 16.7 Å². The molecule has 2 fully saturated rings. The Balaban J connectivity index is 2.00. The molecule has 0 unspecified atom stereocenters. The van der Waals surface area contributed by atoms with E-state index in [1.165, 1.54) is 0 Å². The van der Waals surface area contributed by atoms with Crippen LogP contribution in [0, 0.1) is 16.7 Å². The number of carboxylic acids is 1. The Hall–Kier alpha value is -1.48. The van der Waals surface area contributed by atoms with Crippen LogP contribution in [0.1, 0.15) is 33.1 Å². The van der Waals surface area contributed by atoms with Gasteiger partial charge in [0.15, 0.2) is 0 Å². The molecule has 1 amide bonds. The van der Waals surface area contributed by atoms with E-state index in [2.05, 4.69) is 10.0 Å². The van der Waals surface area contributed by atoms with Crippen LogP contribution in [0.2, 0.25) is 0 Å². The number of aliphatic carboxylic acids is 1. The lowest BCUT2D eigenvalue weighted by Gasteiger charge is -2.36. The summed E-state index contributed by atoms with van der Waals surface area (Å²) in [4.78, 5) is 34.1. The highest BCUT2D eigenvalue weighted by Gasteiger charge is 2.65. The van der Waals surface area contributed by atoms with E-state index >= 15 is 0 Å². The Kier molecular flexibility index (Phi) is 4.55. The molecule has 8 nitrogen and oxygen atoms in total. The van der Waals surface area contributed by atoms with Gasteiger partial charge in [-0.05, 0) is 24.2 Å². The van der Waals surface area contributed by atoms with Crippen molar-refractivity contribution >= 4 is 27.7 Å². The van der Waals surface area contributed by atoms with Gasteiger partial charge in [0.2, 0.25) is 15.9 Å². The molecule has 0 aromatic heterocycles. The van der Waals surface area contributed by atoms with Crippen LogP contribution in [-0.2, 0) is 24.4 Å². The maximum absolute atomic E-state index is 12.3. The first-order valence-electron chi connectivity index (χ1n) is 7.49. The summed E-state index contributed by atoms with van der Waals surface area (Å²) in [5.41, 5.74) is -1.26. The Labute approximate surface area is 135 Å². The van der Waals surface area contributed by atoms with Gasteiger partial charge in [-0.2, -0.15) is 0 Å². The summed E-state index contributed by atoms with van der Waals surface area (Å²) in [5, 5.41) is 10.5. The first kappa shape index (κ1) is 17.9. The fraction of sp³-hybridized carbons (Fsp3) is 0.786. The zero-order chi connectivity index (χ0) is 17.5. The fourth-order valence-corrected chi connectivity index (χ4v) is 5.67. The maximum atomic E-state index is 12.3. The third-order valence-corrected chi connectivity index (χ3v) is 6.92. The van der Waals surface area contributed by atoms with Crippen LogP contribution >= 0.6 is 0 Å². The van der Waals surface area contributed by atoms with Gasteiger partial charge in [-0.25, -0.2) is 13.1 Å². The summed E-state index contributed by atoms with van der Waals surface area (Å²) >= 11 is 0. The van der Waals surface area contributed by atoms with Gasteiger partial charge in [0, 0.05) is 11.8 Å². The highest BCUT2D eigenvalue weighted by Crippen LogP contribution is 2.64. The van der Waals surface area contributed by atoms with Crippen LogP contribution < -0.4 is 10.0 Å². The Morgan fingerprint density at radius 1 is 1.30 bits per heavy atom. The van der Waals surface area contributed by atoms with Gasteiger partial charge >= 0.3 is 5.97 Å². The number of rotatable bonds is 7. The van der Waals surface area contributed by atoms with Crippen molar-refractivity contribution in [2.75, 3.05) is 18.8 Å². The van der Waals surface area contributed by atoms with Crippen LogP contribution in [0.3, 0.4) is 0 Å². The topological polar surface area (TPSA) is 130 Å². The van der Waals surface area contributed by atoms with E-state index in [9.17, 15) is 22.8 Å². The van der Waals surface area contributed by atoms with Gasteiger partial charge < -0.3 is 10.4 Å². The number of fused-ring (bicyclic) bond motifs is 2. The summed E-state index contributed by atoms with van der Waals surface area (Å²) in [6.07, 6.45) is 1.81. The minimum absolute atomic E-state index is 0.0144. The summed E-state index contributed by atoms with van der Waals surface area (Å²) in [6, 6.07) is 0. The number of ketones is 1. The second kappa shape index (κ2) is 5.86. The van der Waals surface area contributed by atoms with Crippen molar-refractivity contribution in [3.8, 4) is 0 Å². The van der Waals surface area contributed by atoms with Gasteiger partial charge in [0.25, 0.3) is 0 Å². The zero-order valence-corrected chi connectivity index (χ0v) is 14.0. The van der Waals surface area contributed by atoms with Crippen LogP contribution in [0.25, 0.3) is 0 Å². The number of hydrogen-bond acceptors (Lipinski definition) is 5. The van der Waals surface area contributed by atoms with Crippen LogP contribution in [-0.4, -0.2) is 50.0 Å². The lowest BCUT2D eigenvalue weighted by molar-refractivity contribution is -0.137. The molecule has 0 heterocycles. The van der Waals surface area contributed by atoms with Crippen LogP contribution in [0.5, 0.6) is 0 Å². The van der Waals surface area contributed by atoms with Crippen molar-refractivity contribution in [3.05, 3.63) is 0 Å². The van der Waals surface area contributed by atoms with Gasteiger partial charge in [0.05, 0.1) is 12.3 Å². The predicted octanol–water partition coefficient (Wildman–Crippen LogP) is -0.498. The summed E-state index contributed by atoms with van der Waals surface area (Å²) in [7, 11) is -3.83. The van der Waals surface area contributed by atoms with E-state index in [0.717, 1.165) is 6.42 Å². The largest absolute Gasteiger partial charge is 0.480 e. The van der Waals surface area contributed by atoms with Crippen molar-refractivity contribution in [1.29, 1.82) is 0 Å². The molecular formula is C14H22N2O6S. The number of carboxylic acid groups (broad SMARTS) is 1. The fourth-order valence-electron chi connectivity index (χ4n) is 3.90. The quantitative estimate of drug-likeness (QED) is 0.570. The molecule has 2 rings (SSSR count). The third-order valence-electron chi connectivity index (χ3n) is 5.46. The van der Waals surface area contributed by atoms with E-state index in [0.29, 0.717) is 12.8 Å². The third kappa shape index (κ3) is 3.25. The predicted molar refractivity (Wildman–Crippen MR) is 81.0 cm³/mol. The molecule has 2 saturated carbocycles. The highest BCUT2D eigenvalue weighted by molar-refractivity contribution is 7.89. The highest BCUT2D eigenvalue weighted by atomic mass is 32.2. The van der Waals surface area contributed by atoms with E-state index in [-0.39, 0.29) is 22.9 Å². The summed E-state index contributed by atoms with van der Waals surface area (Å²) in [6.45, 7) is 2.76. The van der Waals surface area contributed by atoms with E-state index in [4.69, 9.17) is 5.11 Å². The SMILES string of the molecule is CC1(C)[C@@H]2CC[C@]1(CS(=O)(=O)NCC(=O)NCC(=O)O)C(=O)C2. The standard InChI is InChI=1S/C14H22N2O6S/c1-13(2)9-3-4-14(13,10(17)5-9)8-23(21,22)16-6-11(18)15-7-12(19)20/h9,16H,3-8H2,1-2H3,(H,15,18)(H,19,20)/t9-,14+/m1/s1. The van der Waals surface area contributed by atoms with Gasteiger partial charge in [-0.3, -0.25) is 14.4 Å². The molecule has 0 aliphatic heterocycles. The molecule has 2 bridgehead atoms. The number of hydrogen-bond donors (Lipinski definition) is 3. The van der Waals surface area contributed by atoms with Crippen molar-refractivity contribution < 1.29 is 27.9 Å². The Bertz CT molecular complexity index is 642. The summed E-state index contributed by atoms with van der Waals surface area (Å²) < 4.78 is 26.7. The molecule has 0 spiro atoms. The Morgan fingerprint density at radius 3 is 2.43 bits per heavy atom. The first-order chi connectivity index (χ1) is 10.5. The Morgan fingerprint density at radius 2 is 1.96 bits per heavy atom. The van der Waals surface area contributed by atoms with Crippen LogP contribution in [0.15, 0.2) is 0 Å². The normalized spacial score (nSPS) is 28.8. The van der Waals surface area contributed by atoms with Crippen LogP contribution in [0.4, 0.5) is 0 Å². The second-order valence-corrected chi connectivity index (χ2v) is 8.72. The molecule has 2 atom stereocenters. The smallest absolute Gasteiger partial charge is 0.322 e. The number of sulfonamides is 1. The minimum atomic E-state index is -3.83. The van der Waals surface area contributed by atoms with Gasteiger partial charge in [-0.1, -0.05) is 13.8 Å². The summed E-state index contributed by atoms with van der Waals surface area (Å²) in [5.74, 6) is -2.07. The monoisotopic (exact) mass is 346 g/mol. The molecule has 0 aromatic rings. The lowest BCUT2D eigenvalue weighted by Crippen LogP contribution is -2.47. The van der Waals surface area contributed by atoms with Crippen molar-refractivity contribution in [2.45, 2.75) is 33.1 Å². The first-order valence-corrected chi connectivity index (χ1v) is 9.14. The van der Waals surface area contributed by atoms with E-state index in [1.54, 1.807) is 0 Å². The van der Waals surface area contributed by atoms with Crippen molar-refractivity contribution in [1.82, 2.24) is 10.0 Å². The molecular weight excluding hydrogens is 324 g/mol. The molecule has 3 N–H and O–H groups in total. The van der Waals surface area contributed by atoms with E-state index < -0.39 is 40.4 Å². The van der Waals surface area contributed by atoms with E-state index in [1.807, 2.05) is 13.8 Å². The van der Waals surface area contributed by atoms with Gasteiger partial charge in [0.1, 0.15) is 12.3 Å². The van der Waals surface area contributed by atoms with Crippen molar-refractivity contribution in [3.63, 3.8) is 0 Å². The molecule has 130 valence electrons. The number of amides is 1. The molecule has 9 heteroatoms. The maximum Gasteiger partial charge on any atom is 0.322 e. The number of Topliss-reactive ketones (excluding diaryl/α,β-unsaturated/α-hetero) is 1. The average molecular weight is 346 g/mol. The molecule has 0 aromatic carbocycles. The molecule has 23 heavy (non-hydrogen) atoms. The molecule has 2 aliphatic rings. The minimum Gasteiger partial charge on any atom is -0.480 e. The number of nitrogens with one attached hydrogen (secondary N) is 2. The number of carbonyl (C=O) groups is 3. The lowest BCUT2D eigenvalue weighted by atomic mass is 9.70. The molecule has 0 radical (unpaired) electrons. The second-order valence-electron chi connectivity index (χ2n) is 6.92. The zero-order valence-electron chi connectivity index (χ0n) is 13.2. The van der Waals surface area contributed by atoms with Gasteiger partial charge in [-0.15, -0.1) is 0 Å². The molecule has 0 saturated heterocycles. The average Bonchev–Trinajstić information content (AvgIpc) is 2.76. The molecule has 2 aliphatic carbocycles. The number of carbonyl (C=O) groups excluding carboxylic acids is 2.